The van der Waals surface area contributed by atoms with Gasteiger partial charge in [-0.25, -0.2) is 8.78 Å². The maximum absolute atomic E-state index is 13.0. The van der Waals surface area contributed by atoms with E-state index >= 15 is 0 Å². The highest BCUT2D eigenvalue weighted by Crippen LogP contribution is 2.19. The lowest BCUT2D eigenvalue weighted by atomic mass is 9.96. The second-order valence-electron chi connectivity index (χ2n) is 6.94. The van der Waals surface area contributed by atoms with Crippen LogP contribution in [0.3, 0.4) is 0 Å². The van der Waals surface area contributed by atoms with Crippen LogP contribution in [0, 0.1) is 17.6 Å². The molecule has 1 fully saturated rings. The first kappa shape index (κ1) is 20.4. The monoisotopic (exact) mass is 401 g/mol. The summed E-state index contributed by atoms with van der Waals surface area (Å²) in [5.41, 5.74) is 5.72. The van der Waals surface area contributed by atoms with E-state index in [1.807, 2.05) is 0 Å². The van der Waals surface area contributed by atoms with E-state index in [1.54, 1.807) is 4.90 Å². The third kappa shape index (κ3) is 5.60. The first-order chi connectivity index (χ1) is 13.9. The maximum Gasteiger partial charge on any atom is 0.253 e. The van der Waals surface area contributed by atoms with Crippen molar-refractivity contribution in [1.29, 1.82) is 0 Å². The molecule has 152 valence electrons. The minimum absolute atomic E-state index is 0.000401. The Kier molecular flexibility index (Phi) is 6.54. The highest BCUT2D eigenvalue weighted by atomic mass is 19.1. The van der Waals surface area contributed by atoms with Crippen LogP contribution >= 0.6 is 0 Å². The molecule has 0 aromatic heterocycles. The largest absolute Gasteiger partial charge is 0.338 e. The van der Waals surface area contributed by atoms with Crippen molar-refractivity contribution < 1.29 is 23.2 Å². The maximum atomic E-state index is 13.0. The third-order valence-corrected chi connectivity index (χ3v) is 4.77. The van der Waals surface area contributed by atoms with Crippen molar-refractivity contribution in [3.05, 3.63) is 71.3 Å². The van der Waals surface area contributed by atoms with Gasteiger partial charge >= 0.3 is 0 Å². The van der Waals surface area contributed by atoms with Crippen LogP contribution in [0.4, 0.5) is 8.78 Å². The molecular weight excluding hydrogens is 380 g/mol. The van der Waals surface area contributed by atoms with Crippen molar-refractivity contribution >= 4 is 17.7 Å². The fourth-order valence-electron chi connectivity index (χ4n) is 3.22. The summed E-state index contributed by atoms with van der Waals surface area (Å²) in [4.78, 5) is 38.4. The lowest BCUT2D eigenvalue weighted by Gasteiger charge is -2.32. The van der Waals surface area contributed by atoms with Gasteiger partial charge < -0.3 is 4.90 Å². The Balaban J connectivity index is 1.50. The first-order valence-corrected chi connectivity index (χ1v) is 9.30. The molecule has 2 N–H and O–H groups in total. The molecule has 2 aromatic rings. The standard InChI is InChI=1S/C21H21F2N3O3/c22-17-7-3-14(4-8-17)12-19(27)24-25-20(28)16-2-1-11-26(13-16)21(29)15-5-9-18(23)10-6-15/h3-10,16H,1-2,11-13H2,(H,24,27)(H,25,28). The molecule has 8 heteroatoms. The van der Waals surface area contributed by atoms with E-state index in [2.05, 4.69) is 10.9 Å². The van der Waals surface area contributed by atoms with Gasteiger partial charge in [0.1, 0.15) is 11.6 Å². The van der Waals surface area contributed by atoms with E-state index in [-0.39, 0.29) is 30.6 Å². The van der Waals surface area contributed by atoms with Gasteiger partial charge in [-0.2, -0.15) is 0 Å². The summed E-state index contributed by atoms with van der Waals surface area (Å²) in [6, 6.07) is 10.8. The fourth-order valence-corrected chi connectivity index (χ4v) is 3.22. The molecule has 6 nitrogen and oxygen atoms in total. The van der Waals surface area contributed by atoms with Gasteiger partial charge in [-0.05, 0) is 54.8 Å². The first-order valence-electron chi connectivity index (χ1n) is 9.30. The van der Waals surface area contributed by atoms with Crippen molar-refractivity contribution in [2.75, 3.05) is 13.1 Å². The van der Waals surface area contributed by atoms with E-state index in [9.17, 15) is 23.2 Å². The highest BCUT2D eigenvalue weighted by Gasteiger charge is 2.29. The third-order valence-electron chi connectivity index (χ3n) is 4.77. The number of piperidine rings is 1. The molecule has 0 saturated carbocycles. The number of rotatable bonds is 4. The van der Waals surface area contributed by atoms with Crippen LogP contribution in [0.2, 0.25) is 0 Å². The fraction of sp³-hybridized carbons (Fsp3) is 0.286. The van der Waals surface area contributed by atoms with Crippen molar-refractivity contribution in [2.24, 2.45) is 5.92 Å². The summed E-state index contributed by atoms with van der Waals surface area (Å²) in [5, 5.41) is 0. The Bertz CT molecular complexity index is 885. The van der Waals surface area contributed by atoms with Crippen molar-refractivity contribution in [1.82, 2.24) is 15.8 Å². The van der Waals surface area contributed by atoms with Gasteiger partial charge in [-0.3, -0.25) is 25.2 Å². The van der Waals surface area contributed by atoms with Gasteiger partial charge in [-0.15, -0.1) is 0 Å². The number of hydrogen-bond donors (Lipinski definition) is 2. The minimum Gasteiger partial charge on any atom is -0.338 e. The normalized spacial score (nSPS) is 16.2. The van der Waals surface area contributed by atoms with E-state index < -0.39 is 17.6 Å². The molecule has 1 aliphatic heterocycles. The average Bonchev–Trinajstić information content (AvgIpc) is 2.74. The lowest BCUT2D eigenvalue weighted by Crippen LogP contribution is -2.50. The second kappa shape index (κ2) is 9.27. The number of carbonyl (C=O) groups excluding carboxylic acids is 3. The molecule has 1 atom stereocenters. The molecule has 2 aromatic carbocycles. The highest BCUT2D eigenvalue weighted by molar-refractivity contribution is 5.94. The van der Waals surface area contributed by atoms with Gasteiger partial charge in [0.15, 0.2) is 0 Å². The molecule has 0 spiro atoms. The predicted octanol–water partition coefficient (Wildman–Crippen LogP) is 2.21. The molecular formula is C21H21F2N3O3. The number of hydrazine groups is 1. The minimum atomic E-state index is -0.459. The van der Waals surface area contributed by atoms with E-state index in [1.165, 1.54) is 48.5 Å². The summed E-state index contributed by atoms with van der Waals surface area (Å²) in [7, 11) is 0. The molecule has 1 unspecified atom stereocenters. The van der Waals surface area contributed by atoms with Crippen molar-refractivity contribution in [2.45, 2.75) is 19.3 Å². The van der Waals surface area contributed by atoms with Crippen molar-refractivity contribution in [3.63, 3.8) is 0 Å². The SMILES string of the molecule is O=C(Cc1ccc(F)cc1)NNC(=O)C1CCCN(C(=O)c2ccc(F)cc2)C1. The second-order valence-corrected chi connectivity index (χ2v) is 6.94. The van der Waals surface area contributed by atoms with Crippen molar-refractivity contribution in [3.8, 4) is 0 Å². The summed E-state index contributed by atoms with van der Waals surface area (Å²) in [5.74, 6) is -2.34. The zero-order valence-electron chi connectivity index (χ0n) is 15.7. The molecule has 29 heavy (non-hydrogen) atoms. The van der Waals surface area contributed by atoms with Gasteiger partial charge in [0.25, 0.3) is 5.91 Å². The van der Waals surface area contributed by atoms with Gasteiger partial charge in [-0.1, -0.05) is 12.1 Å². The Labute approximate surface area is 166 Å². The zero-order chi connectivity index (χ0) is 20.8. The van der Waals surface area contributed by atoms with Gasteiger partial charge in [0.05, 0.1) is 12.3 Å². The molecule has 1 aliphatic rings. The van der Waals surface area contributed by atoms with E-state index in [0.717, 1.165) is 0 Å². The van der Waals surface area contributed by atoms with Gasteiger partial charge in [0, 0.05) is 18.7 Å². The van der Waals surface area contributed by atoms with Crippen LogP contribution in [-0.4, -0.2) is 35.7 Å². The Morgan fingerprint density at radius 2 is 1.55 bits per heavy atom. The Morgan fingerprint density at radius 1 is 0.931 bits per heavy atom. The molecule has 0 radical (unpaired) electrons. The topological polar surface area (TPSA) is 78.5 Å². The number of likely N-dealkylation sites (tertiary alicyclic amines) is 1. The van der Waals surface area contributed by atoms with Crippen LogP contribution < -0.4 is 10.9 Å². The Morgan fingerprint density at radius 3 is 2.21 bits per heavy atom. The average molecular weight is 401 g/mol. The summed E-state index contributed by atoms with van der Waals surface area (Å²) in [6.45, 7) is 0.729. The lowest BCUT2D eigenvalue weighted by molar-refractivity contribution is -0.131. The summed E-state index contributed by atoms with van der Waals surface area (Å²) >= 11 is 0. The Hall–Kier alpha value is -3.29. The summed E-state index contributed by atoms with van der Waals surface area (Å²) in [6.07, 6.45) is 1.24. The van der Waals surface area contributed by atoms with E-state index in [4.69, 9.17) is 0 Å². The van der Waals surface area contributed by atoms with E-state index in [0.29, 0.717) is 30.5 Å². The van der Waals surface area contributed by atoms with Crippen LogP contribution in [0.15, 0.2) is 48.5 Å². The smallest absolute Gasteiger partial charge is 0.253 e. The molecule has 1 heterocycles. The quantitative estimate of drug-likeness (QED) is 0.771. The van der Waals surface area contributed by atoms with Gasteiger partial charge in [0.2, 0.25) is 11.8 Å². The van der Waals surface area contributed by atoms with Crippen LogP contribution in [0.1, 0.15) is 28.8 Å². The zero-order valence-corrected chi connectivity index (χ0v) is 15.7. The summed E-state index contributed by atoms with van der Waals surface area (Å²) < 4.78 is 25.9. The molecule has 0 aliphatic carbocycles. The molecule has 1 saturated heterocycles. The number of hydrogen-bond acceptors (Lipinski definition) is 3. The number of nitrogens with zero attached hydrogens (tertiary/aromatic N) is 1. The predicted molar refractivity (Wildman–Crippen MR) is 101 cm³/mol. The van der Waals surface area contributed by atoms with Crippen LogP contribution in [0.5, 0.6) is 0 Å². The number of carbonyl (C=O) groups is 3. The number of benzene rings is 2. The number of halogens is 2. The molecule has 3 amide bonds. The molecule has 3 rings (SSSR count). The molecule has 0 bridgehead atoms. The van der Waals surface area contributed by atoms with Crippen LogP contribution in [-0.2, 0) is 16.0 Å². The number of amides is 3. The number of nitrogens with one attached hydrogen (secondary N) is 2. The van der Waals surface area contributed by atoms with Crippen LogP contribution in [0.25, 0.3) is 0 Å².